The summed E-state index contributed by atoms with van der Waals surface area (Å²) >= 11 is 5.82. The van der Waals surface area contributed by atoms with E-state index < -0.39 is 0 Å². The summed E-state index contributed by atoms with van der Waals surface area (Å²) in [5.74, 6) is 1.76. The molecule has 0 aliphatic carbocycles. The van der Waals surface area contributed by atoms with Gasteiger partial charge in [-0.25, -0.2) is 4.98 Å². The number of fused-ring (bicyclic) bond motifs is 1. The van der Waals surface area contributed by atoms with Crippen LogP contribution in [0.3, 0.4) is 0 Å². The topological polar surface area (TPSA) is 17.8 Å². The van der Waals surface area contributed by atoms with Gasteiger partial charge in [-0.05, 0) is 55.2 Å². The van der Waals surface area contributed by atoms with Crippen molar-refractivity contribution in [3.8, 4) is 5.69 Å². The smallest absolute Gasteiger partial charge is 0.114 e. The number of rotatable bonds is 4. The first-order chi connectivity index (χ1) is 10.6. The molecular formula is C19H21ClN2. The van der Waals surface area contributed by atoms with Gasteiger partial charge in [0.25, 0.3) is 0 Å². The Morgan fingerprint density at radius 2 is 1.82 bits per heavy atom. The van der Waals surface area contributed by atoms with E-state index in [-0.39, 0.29) is 0 Å². The lowest BCUT2D eigenvalue weighted by molar-refractivity contribution is 0.907. The lowest BCUT2D eigenvalue weighted by Gasteiger charge is -2.10. The number of imidazole rings is 1. The Morgan fingerprint density at radius 1 is 1.09 bits per heavy atom. The summed E-state index contributed by atoms with van der Waals surface area (Å²) in [5, 5.41) is 0. The summed E-state index contributed by atoms with van der Waals surface area (Å²) in [4.78, 5) is 4.85. The minimum atomic E-state index is 0.659. The number of benzene rings is 2. The van der Waals surface area contributed by atoms with Crippen molar-refractivity contribution in [3.63, 3.8) is 0 Å². The molecule has 3 rings (SSSR count). The van der Waals surface area contributed by atoms with Crippen LogP contribution in [0.25, 0.3) is 16.7 Å². The molecule has 0 saturated heterocycles. The van der Waals surface area contributed by atoms with E-state index in [1.54, 1.807) is 0 Å². The third-order valence-electron chi connectivity index (χ3n) is 4.06. The molecule has 0 fully saturated rings. The van der Waals surface area contributed by atoms with E-state index in [0.29, 0.717) is 5.88 Å². The van der Waals surface area contributed by atoms with E-state index in [2.05, 4.69) is 61.7 Å². The normalized spacial score (nSPS) is 11.3. The molecule has 0 aliphatic rings. The Hall–Kier alpha value is -1.80. The van der Waals surface area contributed by atoms with Crippen LogP contribution in [0.2, 0.25) is 0 Å². The summed E-state index contributed by atoms with van der Waals surface area (Å²) in [6, 6.07) is 13.1. The molecule has 0 unspecified atom stereocenters. The van der Waals surface area contributed by atoms with Gasteiger partial charge in [-0.2, -0.15) is 0 Å². The molecule has 0 spiro atoms. The molecule has 0 saturated carbocycles. The number of aromatic nitrogens is 2. The molecule has 0 radical (unpaired) electrons. The van der Waals surface area contributed by atoms with Crippen LogP contribution in [0.4, 0.5) is 0 Å². The Balaban J connectivity index is 2.20. The van der Waals surface area contributed by atoms with E-state index in [9.17, 15) is 0 Å². The van der Waals surface area contributed by atoms with Gasteiger partial charge in [-0.3, -0.25) is 4.57 Å². The fourth-order valence-electron chi connectivity index (χ4n) is 3.02. The van der Waals surface area contributed by atoms with Crippen LogP contribution in [0.1, 0.15) is 29.4 Å². The first kappa shape index (κ1) is 15.1. The van der Waals surface area contributed by atoms with Crippen LogP contribution in [0.5, 0.6) is 0 Å². The van der Waals surface area contributed by atoms with Crippen LogP contribution in [-0.4, -0.2) is 15.4 Å². The predicted octanol–water partition coefficient (Wildman–Crippen LogP) is 4.99. The SMILES string of the molecule is CCc1nc2c(C)cc(C)cc2n1-c1ccc(CCCl)cc1. The molecule has 3 heteroatoms. The molecule has 1 aromatic heterocycles. The van der Waals surface area contributed by atoms with Gasteiger partial charge in [0.05, 0.1) is 11.0 Å². The van der Waals surface area contributed by atoms with Gasteiger partial charge in [0.2, 0.25) is 0 Å². The molecule has 0 bridgehead atoms. The number of hydrogen-bond acceptors (Lipinski definition) is 1. The van der Waals surface area contributed by atoms with Crippen LogP contribution in [-0.2, 0) is 12.8 Å². The third-order valence-corrected chi connectivity index (χ3v) is 4.25. The summed E-state index contributed by atoms with van der Waals surface area (Å²) in [7, 11) is 0. The third kappa shape index (κ3) is 2.64. The molecule has 2 aromatic carbocycles. The number of hydrogen-bond donors (Lipinski definition) is 0. The van der Waals surface area contributed by atoms with E-state index in [0.717, 1.165) is 24.2 Å². The zero-order valence-electron chi connectivity index (χ0n) is 13.4. The number of nitrogens with zero attached hydrogens (tertiary/aromatic N) is 2. The lowest BCUT2D eigenvalue weighted by Crippen LogP contribution is -2.00. The number of alkyl halides is 1. The first-order valence-electron chi connectivity index (χ1n) is 7.78. The molecule has 0 N–H and O–H groups in total. The van der Waals surface area contributed by atoms with Crippen molar-refractivity contribution in [1.82, 2.24) is 9.55 Å². The average Bonchev–Trinajstić information content (AvgIpc) is 2.87. The molecule has 22 heavy (non-hydrogen) atoms. The van der Waals surface area contributed by atoms with Gasteiger partial charge in [0, 0.05) is 18.0 Å². The maximum absolute atomic E-state index is 5.82. The van der Waals surface area contributed by atoms with Crippen LogP contribution < -0.4 is 0 Å². The molecule has 0 aliphatic heterocycles. The second-order valence-electron chi connectivity index (χ2n) is 5.77. The van der Waals surface area contributed by atoms with Crippen molar-refractivity contribution in [3.05, 3.63) is 58.9 Å². The van der Waals surface area contributed by atoms with E-state index in [4.69, 9.17) is 16.6 Å². The average molecular weight is 313 g/mol. The summed E-state index contributed by atoms with van der Waals surface area (Å²) in [6.45, 7) is 6.43. The highest BCUT2D eigenvalue weighted by Crippen LogP contribution is 2.26. The molecule has 1 heterocycles. The second-order valence-corrected chi connectivity index (χ2v) is 6.15. The van der Waals surface area contributed by atoms with Crippen molar-refractivity contribution in [2.75, 3.05) is 5.88 Å². The lowest BCUT2D eigenvalue weighted by atomic mass is 10.1. The highest BCUT2D eigenvalue weighted by Gasteiger charge is 2.13. The molecule has 0 atom stereocenters. The quantitative estimate of drug-likeness (QED) is 0.621. The Morgan fingerprint density at radius 3 is 2.45 bits per heavy atom. The maximum Gasteiger partial charge on any atom is 0.114 e. The Kier molecular flexibility index (Phi) is 4.21. The van der Waals surface area contributed by atoms with Crippen molar-refractivity contribution in [2.45, 2.75) is 33.6 Å². The van der Waals surface area contributed by atoms with E-state index in [1.807, 2.05) is 0 Å². The summed E-state index contributed by atoms with van der Waals surface area (Å²) in [6.07, 6.45) is 1.82. The zero-order valence-corrected chi connectivity index (χ0v) is 14.1. The van der Waals surface area contributed by atoms with Crippen molar-refractivity contribution < 1.29 is 0 Å². The second kappa shape index (κ2) is 6.13. The van der Waals surface area contributed by atoms with Gasteiger partial charge < -0.3 is 0 Å². The van der Waals surface area contributed by atoms with Gasteiger partial charge in [0.15, 0.2) is 0 Å². The highest BCUT2D eigenvalue weighted by molar-refractivity contribution is 6.17. The Bertz CT molecular complexity index is 800. The molecular weight excluding hydrogens is 292 g/mol. The van der Waals surface area contributed by atoms with Crippen LogP contribution >= 0.6 is 11.6 Å². The number of halogens is 1. The van der Waals surface area contributed by atoms with Crippen molar-refractivity contribution >= 4 is 22.6 Å². The standard InChI is InChI=1S/C19H21ClN2/c1-4-18-21-19-14(3)11-13(2)12-17(19)22(18)16-7-5-15(6-8-16)9-10-20/h5-8,11-12H,4,9-10H2,1-3H3. The summed E-state index contributed by atoms with van der Waals surface area (Å²) < 4.78 is 2.28. The van der Waals surface area contributed by atoms with Gasteiger partial charge in [-0.15, -0.1) is 11.6 Å². The van der Waals surface area contributed by atoms with Crippen molar-refractivity contribution in [2.24, 2.45) is 0 Å². The number of aryl methyl sites for hydroxylation is 4. The fourth-order valence-corrected chi connectivity index (χ4v) is 3.24. The van der Waals surface area contributed by atoms with Gasteiger partial charge in [-0.1, -0.05) is 25.1 Å². The maximum atomic E-state index is 5.82. The van der Waals surface area contributed by atoms with Crippen LogP contribution in [0, 0.1) is 13.8 Å². The van der Waals surface area contributed by atoms with E-state index in [1.165, 1.54) is 27.9 Å². The van der Waals surface area contributed by atoms with Gasteiger partial charge >= 0.3 is 0 Å². The predicted molar refractivity (Wildman–Crippen MR) is 94.3 cm³/mol. The molecule has 3 aromatic rings. The largest absolute Gasteiger partial charge is 0.296 e. The monoisotopic (exact) mass is 312 g/mol. The van der Waals surface area contributed by atoms with E-state index >= 15 is 0 Å². The van der Waals surface area contributed by atoms with Gasteiger partial charge in [0.1, 0.15) is 5.82 Å². The highest BCUT2D eigenvalue weighted by atomic mass is 35.5. The fraction of sp³-hybridized carbons (Fsp3) is 0.316. The Labute approximate surface area is 136 Å². The minimum Gasteiger partial charge on any atom is -0.296 e. The molecule has 0 amide bonds. The summed E-state index contributed by atoms with van der Waals surface area (Å²) in [5.41, 5.74) is 7.25. The molecule has 114 valence electrons. The zero-order chi connectivity index (χ0) is 15.7. The molecule has 2 nitrogen and oxygen atoms in total. The van der Waals surface area contributed by atoms with Crippen LogP contribution in [0.15, 0.2) is 36.4 Å². The first-order valence-corrected chi connectivity index (χ1v) is 8.31. The van der Waals surface area contributed by atoms with Crippen molar-refractivity contribution in [1.29, 1.82) is 0 Å². The minimum absolute atomic E-state index is 0.659.